The van der Waals surface area contributed by atoms with Gasteiger partial charge in [0, 0.05) is 19.2 Å². The quantitative estimate of drug-likeness (QED) is 0.739. The summed E-state index contributed by atoms with van der Waals surface area (Å²) in [6.07, 6.45) is 1.22. The lowest BCUT2D eigenvalue weighted by molar-refractivity contribution is 0.0644. The van der Waals surface area contributed by atoms with Crippen LogP contribution < -0.4 is 10.6 Å². The van der Waals surface area contributed by atoms with Crippen molar-refractivity contribution in [1.82, 2.24) is 10.6 Å². The number of hydrogen-bond donors (Lipinski definition) is 2. The molecule has 6 nitrogen and oxygen atoms in total. The van der Waals surface area contributed by atoms with E-state index < -0.39 is 9.84 Å². The van der Waals surface area contributed by atoms with Gasteiger partial charge in [-0.15, -0.1) is 0 Å². The average molecular weight is 340 g/mol. The van der Waals surface area contributed by atoms with Crippen molar-refractivity contribution < 1.29 is 17.9 Å². The molecular formula is C16H24N2O4S. The minimum Gasteiger partial charge on any atom is -0.374 e. The summed E-state index contributed by atoms with van der Waals surface area (Å²) >= 11 is 0. The lowest BCUT2D eigenvalue weighted by Crippen LogP contribution is -2.43. The van der Waals surface area contributed by atoms with Crippen LogP contribution in [-0.4, -0.2) is 45.1 Å². The zero-order valence-corrected chi connectivity index (χ0v) is 14.1. The van der Waals surface area contributed by atoms with Crippen LogP contribution in [0, 0.1) is 0 Å². The lowest BCUT2D eigenvalue weighted by Gasteiger charge is -2.14. The van der Waals surface area contributed by atoms with E-state index in [-0.39, 0.29) is 29.7 Å². The van der Waals surface area contributed by atoms with Crippen molar-refractivity contribution in [2.24, 2.45) is 0 Å². The first-order valence-electron chi connectivity index (χ1n) is 7.87. The molecule has 0 aromatic heterocycles. The maximum Gasteiger partial charge on any atom is 0.315 e. The third kappa shape index (κ3) is 6.19. The summed E-state index contributed by atoms with van der Waals surface area (Å²) in [6, 6.07) is 9.37. The molecule has 0 radical (unpaired) electrons. The number of ether oxygens (including phenoxy) is 1. The second kappa shape index (κ2) is 8.31. The maximum atomic E-state index is 11.7. The molecule has 1 aromatic rings. The fourth-order valence-electron chi connectivity index (χ4n) is 2.50. The van der Waals surface area contributed by atoms with E-state index in [9.17, 15) is 13.2 Å². The number of benzene rings is 1. The molecule has 2 N–H and O–H groups in total. The predicted octanol–water partition coefficient (Wildman–Crippen LogP) is 1.64. The van der Waals surface area contributed by atoms with Gasteiger partial charge in [-0.1, -0.05) is 30.3 Å². The maximum absolute atomic E-state index is 11.7. The summed E-state index contributed by atoms with van der Waals surface area (Å²) < 4.78 is 28.3. The fourth-order valence-corrected chi connectivity index (χ4v) is 4.17. The minimum absolute atomic E-state index is 0.0220. The third-order valence-electron chi connectivity index (χ3n) is 3.81. The van der Waals surface area contributed by atoms with Crippen molar-refractivity contribution in [1.29, 1.82) is 0 Å². The Labute approximate surface area is 137 Å². The van der Waals surface area contributed by atoms with E-state index in [1.54, 1.807) is 0 Å². The molecule has 1 fully saturated rings. The molecule has 7 heteroatoms. The topological polar surface area (TPSA) is 84.5 Å². The first-order valence-corrected chi connectivity index (χ1v) is 9.70. The van der Waals surface area contributed by atoms with Crippen molar-refractivity contribution in [3.63, 3.8) is 0 Å². The molecule has 0 aliphatic carbocycles. The van der Waals surface area contributed by atoms with Gasteiger partial charge in [-0.25, -0.2) is 13.2 Å². The van der Waals surface area contributed by atoms with Gasteiger partial charge in [0.15, 0.2) is 9.84 Å². The Kier molecular flexibility index (Phi) is 6.41. The van der Waals surface area contributed by atoms with E-state index >= 15 is 0 Å². The summed E-state index contributed by atoms with van der Waals surface area (Å²) in [6.45, 7) is 3.04. The Hall–Kier alpha value is -1.60. The second-order valence-electron chi connectivity index (χ2n) is 5.78. The van der Waals surface area contributed by atoms with Crippen LogP contribution in [0.15, 0.2) is 30.3 Å². The van der Waals surface area contributed by atoms with E-state index in [4.69, 9.17) is 4.74 Å². The highest BCUT2D eigenvalue weighted by molar-refractivity contribution is 7.91. The molecule has 0 saturated carbocycles. The molecule has 2 rings (SSSR count). The van der Waals surface area contributed by atoms with E-state index in [1.165, 1.54) is 0 Å². The van der Waals surface area contributed by atoms with Gasteiger partial charge in [0.25, 0.3) is 0 Å². The zero-order chi connectivity index (χ0) is 16.7. The highest BCUT2D eigenvalue weighted by Crippen LogP contribution is 2.15. The Morgan fingerprint density at radius 2 is 2.09 bits per heavy atom. The van der Waals surface area contributed by atoms with Gasteiger partial charge in [-0.2, -0.15) is 0 Å². The van der Waals surface area contributed by atoms with Gasteiger partial charge in [-0.3, -0.25) is 0 Å². The molecule has 1 aliphatic heterocycles. The van der Waals surface area contributed by atoms with Crippen LogP contribution in [0.4, 0.5) is 4.79 Å². The number of amides is 2. The molecule has 0 unspecified atom stereocenters. The summed E-state index contributed by atoms with van der Waals surface area (Å²) in [4.78, 5) is 11.7. The SMILES string of the molecule is C[C@H](OCCCNC(=O)N[C@@H]1CCS(=O)(=O)C1)c1ccccc1. The van der Waals surface area contributed by atoms with Gasteiger partial charge in [0.1, 0.15) is 0 Å². The first kappa shape index (κ1) is 17.7. The molecule has 128 valence electrons. The molecule has 1 aliphatic rings. The second-order valence-corrected chi connectivity index (χ2v) is 8.01. The van der Waals surface area contributed by atoms with Crippen LogP contribution >= 0.6 is 0 Å². The Balaban J connectivity index is 1.56. The van der Waals surface area contributed by atoms with Crippen molar-refractivity contribution >= 4 is 15.9 Å². The number of nitrogens with one attached hydrogen (secondary N) is 2. The largest absolute Gasteiger partial charge is 0.374 e. The number of rotatable bonds is 7. The number of sulfone groups is 1. The van der Waals surface area contributed by atoms with Gasteiger partial charge in [0.2, 0.25) is 0 Å². The summed E-state index contributed by atoms with van der Waals surface area (Å²) in [5, 5.41) is 5.42. The number of urea groups is 1. The molecule has 1 saturated heterocycles. The van der Waals surface area contributed by atoms with Crippen LogP contribution in [0.5, 0.6) is 0 Å². The smallest absolute Gasteiger partial charge is 0.315 e. The standard InChI is InChI=1S/C16H24N2O4S/c1-13(14-6-3-2-4-7-14)22-10-5-9-17-16(19)18-15-8-11-23(20,21)12-15/h2-4,6-7,13,15H,5,8-12H2,1H3,(H2,17,18,19)/t13-,15+/m0/s1. The zero-order valence-electron chi connectivity index (χ0n) is 13.3. The molecule has 1 heterocycles. The predicted molar refractivity (Wildman–Crippen MR) is 89.0 cm³/mol. The Bertz CT molecular complexity index is 604. The van der Waals surface area contributed by atoms with Gasteiger partial charge in [0.05, 0.1) is 17.6 Å². The van der Waals surface area contributed by atoms with Gasteiger partial charge >= 0.3 is 6.03 Å². The molecule has 0 bridgehead atoms. The van der Waals surface area contributed by atoms with Crippen LogP contribution in [0.1, 0.15) is 31.4 Å². The minimum atomic E-state index is -2.97. The summed E-state index contributed by atoms with van der Waals surface area (Å²) in [5.74, 6) is 0.196. The normalized spacial score (nSPS) is 20.8. The van der Waals surface area contributed by atoms with Crippen LogP contribution in [0.25, 0.3) is 0 Å². The van der Waals surface area contributed by atoms with Crippen LogP contribution in [0.2, 0.25) is 0 Å². The van der Waals surface area contributed by atoms with E-state index in [0.717, 1.165) is 5.56 Å². The number of carbonyl (C=O) groups excluding carboxylic acids is 1. The summed E-state index contributed by atoms with van der Waals surface area (Å²) in [7, 11) is -2.97. The fraction of sp³-hybridized carbons (Fsp3) is 0.562. The summed E-state index contributed by atoms with van der Waals surface area (Å²) in [5.41, 5.74) is 1.13. The monoisotopic (exact) mass is 340 g/mol. The van der Waals surface area contributed by atoms with Gasteiger partial charge in [-0.05, 0) is 25.3 Å². The Morgan fingerprint density at radius 1 is 1.35 bits per heavy atom. The van der Waals surface area contributed by atoms with Crippen molar-refractivity contribution in [2.45, 2.75) is 31.9 Å². The third-order valence-corrected chi connectivity index (χ3v) is 5.58. The van der Waals surface area contributed by atoms with Gasteiger partial charge < -0.3 is 15.4 Å². The molecule has 0 spiro atoms. The molecular weight excluding hydrogens is 316 g/mol. The van der Waals surface area contributed by atoms with E-state index in [1.807, 2.05) is 37.3 Å². The molecule has 2 atom stereocenters. The molecule has 2 amide bonds. The number of carbonyl (C=O) groups is 1. The average Bonchev–Trinajstić information content (AvgIpc) is 2.86. The highest BCUT2D eigenvalue weighted by atomic mass is 32.2. The molecule has 1 aromatic carbocycles. The van der Waals surface area contributed by atoms with Crippen LogP contribution in [0.3, 0.4) is 0 Å². The lowest BCUT2D eigenvalue weighted by atomic mass is 10.1. The van der Waals surface area contributed by atoms with Crippen molar-refractivity contribution in [3.05, 3.63) is 35.9 Å². The number of hydrogen-bond acceptors (Lipinski definition) is 4. The van der Waals surface area contributed by atoms with Crippen LogP contribution in [-0.2, 0) is 14.6 Å². The highest BCUT2D eigenvalue weighted by Gasteiger charge is 2.28. The van der Waals surface area contributed by atoms with Crippen molar-refractivity contribution in [2.75, 3.05) is 24.7 Å². The first-order chi connectivity index (χ1) is 11.0. The molecule has 23 heavy (non-hydrogen) atoms. The van der Waals surface area contributed by atoms with E-state index in [0.29, 0.717) is 26.0 Å². The van der Waals surface area contributed by atoms with E-state index in [2.05, 4.69) is 10.6 Å². The Morgan fingerprint density at radius 3 is 2.74 bits per heavy atom. The van der Waals surface area contributed by atoms with Crippen molar-refractivity contribution in [3.8, 4) is 0 Å².